The van der Waals surface area contributed by atoms with Crippen LogP contribution in [0.4, 0.5) is 0 Å². The lowest BCUT2D eigenvalue weighted by atomic mass is 10.2. The van der Waals surface area contributed by atoms with Gasteiger partial charge in [0.15, 0.2) is 0 Å². The van der Waals surface area contributed by atoms with Crippen molar-refractivity contribution in [3.8, 4) is 0 Å². The van der Waals surface area contributed by atoms with Crippen LogP contribution in [0.25, 0.3) is 0 Å². The summed E-state index contributed by atoms with van der Waals surface area (Å²) in [7, 11) is -1.08. The highest BCUT2D eigenvalue weighted by Gasteiger charge is 2.24. The van der Waals surface area contributed by atoms with Crippen LogP contribution in [0.5, 0.6) is 0 Å². The quantitative estimate of drug-likeness (QED) is 0.748. The van der Waals surface area contributed by atoms with E-state index in [1.807, 2.05) is 0 Å². The molecule has 0 aliphatic carbocycles. The van der Waals surface area contributed by atoms with E-state index in [1.54, 1.807) is 25.1 Å². The van der Waals surface area contributed by atoms with Gasteiger partial charge in [-0.25, -0.2) is 8.42 Å². The molecular formula is C11H15NO4S. The zero-order valence-electron chi connectivity index (χ0n) is 10.0. The van der Waals surface area contributed by atoms with Crippen molar-refractivity contribution in [1.29, 1.82) is 0 Å². The zero-order chi connectivity index (χ0) is 13.1. The lowest BCUT2D eigenvalue weighted by Gasteiger charge is -2.17. The van der Waals surface area contributed by atoms with E-state index in [4.69, 9.17) is 0 Å². The predicted molar refractivity (Wildman–Crippen MR) is 63.0 cm³/mol. The molecule has 94 valence electrons. The molecule has 0 saturated heterocycles. The summed E-state index contributed by atoms with van der Waals surface area (Å²) in [6.07, 6.45) is 0. The largest absolute Gasteiger partial charge is 0.468 e. The molecule has 0 aliphatic rings. The fraction of sp³-hybridized carbons (Fsp3) is 0.364. The van der Waals surface area contributed by atoms with Gasteiger partial charge in [0.05, 0.1) is 12.0 Å². The van der Waals surface area contributed by atoms with Gasteiger partial charge < -0.3 is 4.74 Å². The summed E-state index contributed by atoms with van der Waals surface area (Å²) in [4.78, 5) is 11.3. The van der Waals surface area contributed by atoms with Crippen molar-refractivity contribution in [1.82, 2.24) is 4.31 Å². The number of carbonyl (C=O) groups excluding carboxylic acids is 1. The summed E-state index contributed by atoms with van der Waals surface area (Å²) >= 11 is 0. The molecule has 5 nitrogen and oxygen atoms in total. The first-order valence-electron chi connectivity index (χ1n) is 4.98. The molecule has 1 aromatic carbocycles. The van der Waals surface area contributed by atoms with Crippen LogP contribution >= 0.6 is 0 Å². The number of esters is 1. The van der Waals surface area contributed by atoms with Gasteiger partial charge in [-0.05, 0) is 18.6 Å². The molecule has 0 radical (unpaired) electrons. The molecule has 1 aromatic rings. The number of aryl methyl sites for hydroxylation is 1. The van der Waals surface area contributed by atoms with Gasteiger partial charge in [-0.15, -0.1) is 0 Å². The molecule has 0 atom stereocenters. The third-order valence-corrected chi connectivity index (χ3v) is 4.32. The number of ether oxygens (including phenoxy) is 1. The van der Waals surface area contributed by atoms with Crippen molar-refractivity contribution in [2.24, 2.45) is 0 Å². The number of benzene rings is 1. The number of hydrogen-bond donors (Lipinski definition) is 0. The highest BCUT2D eigenvalue weighted by molar-refractivity contribution is 7.89. The Hall–Kier alpha value is -1.40. The number of sulfonamides is 1. The summed E-state index contributed by atoms with van der Waals surface area (Å²) in [6.45, 7) is 1.41. The molecule has 0 saturated carbocycles. The molecule has 0 fully saturated rings. The normalized spacial score (nSPS) is 11.5. The Morgan fingerprint density at radius 2 is 1.94 bits per heavy atom. The summed E-state index contributed by atoms with van der Waals surface area (Å²) < 4.78 is 29.7. The second kappa shape index (κ2) is 5.29. The van der Waals surface area contributed by atoms with Crippen LogP contribution < -0.4 is 0 Å². The Morgan fingerprint density at radius 3 is 2.47 bits per heavy atom. The van der Waals surface area contributed by atoms with E-state index in [2.05, 4.69) is 4.74 Å². The fourth-order valence-electron chi connectivity index (χ4n) is 1.35. The first-order valence-corrected chi connectivity index (χ1v) is 6.42. The number of likely N-dealkylation sites (N-methyl/N-ethyl adjacent to an activating group) is 1. The predicted octanol–water partition coefficient (Wildman–Crippen LogP) is 0.789. The average molecular weight is 257 g/mol. The standard InChI is InChI=1S/C11H15NO4S/c1-9-6-4-5-7-10(9)17(14,15)12(2)8-11(13)16-3/h4-7H,8H2,1-3H3. The summed E-state index contributed by atoms with van der Waals surface area (Å²) in [6, 6.07) is 6.62. The van der Waals surface area contributed by atoms with Crippen LogP contribution in [-0.4, -0.2) is 39.4 Å². The van der Waals surface area contributed by atoms with E-state index < -0.39 is 16.0 Å². The monoisotopic (exact) mass is 257 g/mol. The van der Waals surface area contributed by atoms with Crippen molar-refractivity contribution in [2.75, 3.05) is 20.7 Å². The molecule has 0 amide bonds. The molecule has 0 N–H and O–H groups in total. The van der Waals surface area contributed by atoms with Crippen molar-refractivity contribution in [3.63, 3.8) is 0 Å². The van der Waals surface area contributed by atoms with Crippen molar-refractivity contribution < 1.29 is 17.9 Å². The minimum absolute atomic E-state index is 0.200. The van der Waals surface area contributed by atoms with E-state index >= 15 is 0 Å². The lowest BCUT2D eigenvalue weighted by Crippen LogP contribution is -2.33. The molecule has 1 rings (SSSR count). The summed E-state index contributed by atoms with van der Waals surface area (Å²) in [5.41, 5.74) is 0.643. The maximum atomic E-state index is 12.1. The van der Waals surface area contributed by atoms with E-state index in [1.165, 1.54) is 20.2 Å². The van der Waals surface area contributed by atoms with Gasteiger partial charge >= 0.3 is 5.97 Å². The zero-order valence-corrected chi connectivity index (χ0v) is 10.8. The topological polar surface area (TPSA) is 63.7 Å². The highest BCUT2D eigenvalue weighted by atomic mass is 32.2. The first kappa shape index (κ1) is 13.7. The maximum Gasteiger partial charge on any atom is 0.321 e. The number of hydrogen-bond acceptors (Lipinski definition) is 4. The average Bonchev–Trinajstić information content (AvgIpc) is 2.29. The van der Waals surface area contributed by atoms with Crippen LogP contribution in [0.3, 0.4) is 0 Å². The minimum Gasteiger partial charge on any atom is -0.468 e. The van der Waals surface area contributed by atoms with Gasteiger partial charge in [0.2, 0.25) is 10.0 Å². The summed E-state index contributed by atoms with van der Waals surface area (Å²) in [5, 5.41) is 0. The Kier molecular flexibility index (Phi) is 4.25. The molecule has 6 heteroatoms. The van der Waals surface area contributed by atoms with Crippen LogP contribution in [0.2, 0.25) is 0 Å². The number of rotatable bonds is 4. The van der Waals surface area contributed by atoms with Crippen LogP contribution in [0, 0.1) is 6.92 Å². The van der Waals surface area contributed by atoms with Crippen molar-refractivity contribution in [3.05, 3.63) is 29.8 Å². The molecule has 0 aromatic heterocycles. The van der Waals surface area contributed by atoms with E-state index in [-0.39, 0.29) is 11.4 Å². The smallest absolute Gasteiger partial charge is 0.321 e. The van der Waals surface area contributed by atoms with Gasteiger partial charge in [0.25, 0.3) is 0 Å². The number of carbonyl (C=O) groups is 1. The third-order valence-electron chi connectivity index (χ3n) is 2.36. The molecule has 0 spiro atoms. The Morgan fingerprint density at radius 1 is 1.35 bits per heavy atom. The molecule has 0 bridgehead atoms. The lowest BCUT2D eigenvalue weighted by molar-refractivity contribution is -0.140. The SMILES string of the molecule is COC(=O)CN(C)S(=O)(=O)c1ccccc1C. The minimum atomic E-state index is -3.64. The molecule has 0 unspecified atom stereocenters. The van der Waals surface area contributed by atoms with E-state index in [0.717, 1.165) is 4.31 Å². The molecule has 0 heterocycles. The fourth-order valence-corrected chi connectivity index (χ4v) is 2.68. The first-order chi connectivity index (χ1) is 7.89. The second-order valence-corrected chi connectivity index (χ2v) is 5.62. The van der Waals surface area contributed by atoms with Gasteiger partial charge in [0, 0.05) is 7.05 Å². The molecule has 17 heavy (non-hydrogen) atoms. The van der Waals surface area contributed by atoms with Gasteiger partial charge in [-0.2, -0.15) is 4.31 Å². The maximum absolute atomic E-state index is 12.1. The van der Waals surface area contributed by atoms with Crippen molar-refractivity contribution in [2.45, 2.75) is 11.8 Å². The van der Waals surface area contributed by atoms with Gasteiger partial charge in [-0.3, -0.25) is 4.79 Å². The highest BCUT2D eigenvalue weighted by Crippen LogP contribution is 2.17. The molecular weight excluding hydrogens is 242 g/mol. The van der Waals surface area contributed by atoms with Crippen LogP contribution in [0.1, 0.15) is 5.56 Å². The Labute approximate surface area is 101 Å². The Balaban J connectivity index is 3.04. The third kappa shape index (κ3) is 3.04. The van der Waals surface area contributed by atoms with Gasteiger partial charge in [-0.1, -0.05) is 18.2 Å². The Bertz CT molecular complexity index is 510. The van der Waals surface area contributed by atoms with Crippen molar-refractivity contribution >= 4 is 16.0 Å². The molecule has 0 aliphatic heterocycles. The van der Waals surface area contributed by atoms with E-state index in [9.17, 15) is 13.2 Å². The van der Waals surface area contributed by atoms with Crippen LogP contribution in [0.15, 0.2) is 29.2 Å². The van der Waals surface area contributed by atoms with E-state index in [0.29, 0.717) is 5.56 Å². The summed E-state index contributed by atoms with van der Waals surface area (Å²) in [5.74, 6) is -0.593. The number of nitrogens with zero attached hydrogens (tertiary/aromatic N) is 1. The van der Waals surface area contributed by atoms with Crippen LogP contribution in [-0.2, 0) is 19.6 Å². The number of methoxy groups -OCH3 is 1. The van der Waals surface area contributed by atoms with Gasteiger partial charge in [0.1, 0.15) is 6.54 Å². The second-order valence-electron chi connectivity index (χ2n) is 3.60.